The van der Waals surface area contributed by atoms with E-state index in [-0.39, 0.29) is 23.7 Å². The standard InChI is InChI=1S/C18H16N2O3S/c1-10-2-3-11-7-16(24-15(11)6-10)18(22)19-12-4-5-14-13(8-12)20-17(21)9-23-14/h2-6,8,16H,7,9H2,1H3,(H,19,22)(H,20,21). The molecule has 2 aliphatic heterocycles. The van der Waals surface area contributed by atoms with E-state index in [0.29, 0.717) is 17.1 Å². The molecule has 24 heavy (non-hydrogen) atoms. The molecule has 1 atom stereocenters. The molecule has 2 aromatic rings. The number of thioether (sulfide) groups is 1. The van der Waals surface area contributed by atoms with Gasteiger partial charge in [-0.15, -0.1) is 11.8 Å². The van der Waals surface area contributed by atoms with E-state index >= 15 is 0 Å². The van der Waals surface area contributed by atoms with Crippen molar-refractivity contribution >= 4 is 35.0 Å². The van der Waals surface area contributed by atoms with Crippen LogP contribution in [0.1, 0.15) is 11.1 Å². The van der Waals surface area contributed by atoms with E-state index in [9.17, 15) is 9.59 Å². The van der Waals surface area contributed by atoms with Gasteiger partial charge in [-0.3, -0.25) is 9.59 Å². The van der Waals surface area contributed by atoms with E-state index in [1.807, 2.05) is 0 Å². The zero-order valence-corrected chi connectivity index (χ0v) is 13.9. The van der Waals surface area contributed by atoms with Crippen molar-refractivity contribution in [2.24, 2.45) is 0 Å². The van der Waals surface area contributed by atoms with Gasteiger partial charge in [0.05, 0.1) is 10.9 Å². The second kappa shape index (κ2) is 5.87. The largest absolute Gasteiger partial charge is 0.482 e. The van der Waals surface area contributed by atoms with Gasteiger partial charge in [0.2, 0.25) is 5.91 Å². The molecular formula is C18H16N2O3S. The molecule has 6 heteroatoms. The van der Waals surface area contributed by atoms with Crippen LogP contribution in [0.5, 0.6) is 5.75 Å². The van der Waals surface area contributed by atoms with E-state index in [1.54, 1.807) is 30.0 Å². The Balaban J connectivity index is 1.47. The van der Waals surface area contributed by atoms with Gasteiger partial charge in [-0.25, -0.2) is 0 Å². The number of fused-ring (bicyclic) bond motifs is 2. The highest BCUT2D eigenvalue weighted by Crippen LogP contribution is 2.38. The van der Waals surface area contributed by atoms with Crippen LogP contribution in [0.3, 0.4) is 0 Å². The van der Waals surface area contributed by atoms with Crippen LogP contribution >= 0.6 is 11.8 Å². The maximum absolute atomic E-state index is 12.6. The number of amides is 2. The average Bonchev–Trinajstić information content (AvgIpc) is 2.97. The van der Waals surface area contributed by atoms with Gasteiger partial charge in [0.15, 0.2) is 6.61 Å². The van der Waals surface area contributed by atoms with Crippen molar-refractivity contribution in [3.63, 3.8) is 0 Å². The Bertz CT molecular complexity index is 850. The molecule has 1 unspecified atom stereocenters. The first-order valence-corrected chi connectivity index (χ1v) is 8.60. The first kappa shape index (κ1) is 15.1. The molecule has 2 aromatic carbocycles. The number of nitrogens with one attached hydrogen (secondary N) is 2. The van der Waals surface area contributed by atoms with Crippen molar-refractivity contribution in [3.8, 4) is 5.75 Å². The summed E-state index contributed by atoms with van der Waals surface area (Å²) in [5.74, 6) is 0.394. The van der Waals surface area contributed by atoms with E-state index in [4.69, 9.17) is 4.74 Å². The Morgan fingerprint density at radius 3 is 3.04 bits per heavy atom. The highest BCUT2D eigenvalue weighted by molar-refractivity contribution is 8.01. The van der Waals surface area contributed by atoms with Crippen molar-refractivity contribution in [3.05, 3.63) is 47.5 Å². The van der Waals surface area contributed by atoms with Gasteiger partial charge in [0.25, 0.3) is 5.91 Å². The molecule has 0 aromatic heterocycles. The quantitative estimate of drug-likeness (QED) is 0.882. The summed E-state index contributed by atoms with van der Waals surface area (Å²) < 4.78 is 5.32. The van der Waals surface area contributed by atoms with E-state index < -0.39 is 0 Å². The van der Waals surface area contributed by atoms with Crippen LogP contribution in [0.25, 0.3) is 0 Å². The second-order valence-corrected chi connectivity index (χ2v) is 7.20. The van der Waals surface area contributed by atoms with Gasteiger partial charge in [-0.1, -0.05) is 17.7 Å². The number of benzene rings is 2. The Hall–Kier alpha value is -2.47. The number of aryl methyl sites for hydroxylation is 1. The summed E-state index contributed by atoms with van der Waals surface area (Å²) in [7, 11) is 0. The molecule has 0 bridgehead atoms. The molecule has 4 rings (SSSR count). The predicted molar refractivity (Wildman–Crippen MR) is 93.7 cm³/mol. The van der Waals surface area contributed by atoms with Crippen molar-refractivity contribution in [2.45, 2.75) is 23.5 Å². The fraction of sp³-hybridized carbons (Fsp3) is 0.222. The van der Waals surface area contributed by atoms with Crippen LogP contribution < -0.4 is 15.4 Å². The number of anilines is 2. The molecule has 2 N–H and O–H groups in total. The normalized spacial score (nSPS) is 18.2. The lowest BCUT2D eigenvalue weighted by atomic mass is 10.1. The Kier molecular flexibility index (Phi) is 3.69. The maximum Gasteiger partial charge on any atom is 0.262 e. The fourth-order valence-corrected chi connectivity index (χ4v) is 4.16. The summed E-state index contributed by atoms with van der Waals surface area (Å²) in [4.78, 5) is 25.1. The lowest BCUT2D eigenvalue weighted by Crippen LogP contribution is -2.26. The molecule has 0 aliphatic carbocycles. The molecule has 0 saturated carbocycles. The molecular weight excluding hydrogens is 324 g/mol. The third kappa shape index (κ3) is 2.85. The molecule has 0 fully saturated rings. The molecule has 5 nitrogen and oxygen atoms in total. The summed E-state index contributed by atoms with van der Waals surface area (Å²) >= 11 is 1.60. The van der Waals surface area contributed by atoms with Crippen LogP contribution in [0, 0.1) is 6.92 Å². The van der Waals surface area contributed by atoms with Gasteiger partial charge in [0, 0.05) is 10.6 Å². The first-order chi connectivity index (χ1) is 11.6. The Morgan fingerprint density at radius 2 is 2.17 bits per heavy atom. The summed E-state index contributed by atoms with van der Waals surface area (Å²) in [5, 5.41) is 5.54. The zero-order chi connectivity index (χ0) is 16.7. The van der Waals surface area contributed by atoms with Crippen molar-refractivity contribution in [2.75, 3.05) is 17.2 Å². The topological polar surface area (TPSA) is 67.4 Å². The van der Waals surface area contributed by atoms with Crippen LogP contribution in [-0.2, 0) is 16.0 Å². The molecule has 122 valence electrons. The second-order valence-electron chi connectivity index (χ2n) is 5.96. The average molecular weight is 340 g/mol. The smallest absolute Gasteiger partial charge is 0.262 e. The molecule has 2 aliphatic rings. The van der Waals surface area contributed by atoms with Crippen molar-refractivity contribution in [1.29, 1.82) is 0 Å². The number of rotatable bonds is 2. The van der Waals surface area contributed by atoms with Crippen molar-refractivity contribution in [1.82, 2.24) is 0 Å². The number of hydrogen-bond acceptors (Lipinski definition) is 4. The molecule has 0 radical (unpaired) electrons. The number of carbonyl (C=O) groups excluding carboxylic acids is 2. The minimum atomic E-state index is -0.192. The first-order valence-electron chi connectivity index (χ1n) is 7.72. The van der Waals surface area contributed by atoms with E-state index in [1.165, 1.54) is 16.0 Å². The number of ether oxygens (including phenoxy) is 1. The summed E-state index contributed by atoms with van der Waals surface area (Å²) in [6, 6.07) is 11.6. The van der Waals surface area contributed by atoms with E-state index in [0.717, 1.165) is 6.42 Å². The van der Waals surface area contributed by atoms with Crippen LogP contribution in [0.2, 0.25) is 0 Å². The van der Waals surface area contributed by atoms with Gasteiger partial charge in [0.1, 0.15) is 5.75 Å². The SMILES string of the molecule is Cc1ccc2c(c1)SC(C(=O)Nc1ccc3c(c1)NC(=O)CO3)C2. The summed E-state index contributed by atoms with van der Waals surface area (Å²) in [5.41, 5.74) is 3.66. The van der Waals surface area contributed by atoms with E-state index in [2.05, 4.69) is 35.8 Å². The number of carbonyl (C=O) groups is 2. The lowest BCUT2D eigenvalue weighted by molar-refractivity contribution is -0.118. The molecule has 2 amide bonds. The van der Waals surface area contributed by atoms with Gasteiger partial charge >= 0.3 is 0 Å². The number of hydrogen-bond donors (Lipinski definition) is 2. The van der Waals surface area contributed by atoms with Gasteiger partial charge < -0.3 is 15.4 Å². The zero-order valence-electron chi connectivity index (χ0n) is 13.1. The molecule has 0 spiro atoms. The third-order valence-corrected chi connectivity index (χ3v) is 5.37. The summed E-state index contributed by atoms with van der Waals surface area (Å²) in [6.45, 7) is 2.08. The van der Waals surface area contributed by atoms with Gasteiger partial charge in [-0.05, 0) is 43.2 Å². The Labute approximate surface area is 143 Å². The third-order valence-electron chi connectivity index (χ3n) is 4.07. The minimum absolute atomic E-state index is 0.0229. The molecule has 0 saturated heterocycles. The van der Waals surface area contributed by atoms with Crippen LogP contribution in [-0.4, -0.2) is 23.7 Å². The monoisotopic (exact) mass is 340 g/mol. The predicted octanol–water partition coefficient (Wildman–Crippen LogP) is 2.98. The highest BCUT2D eigenvalue weighted by atomic mass is 32.2. The highest BCUT2D eigenvalue weighted by Gasteiger charge is 2.28. The summed E-state index contributed by atoms with van der Waals surface area (Å²) in [6.07, 6.45) is 0.733. The van der Waals surface area contributed by atoms with Crippen molar-refractivity contribution < 1.29 is 14.3 Å². The fourth-order valence-electron chi connectivity index (χ4n) is 2.86. The maximum atomic E-state index is 12.6. The molecule has 2 heterocycles. The minimum Gasteiger partial charge on any atom is -0.482 e. The van der Waals surface area contributed by atoms with Crippen LogP contribution in [0.4, 0.5) is 11.4 Å². The van der Waals surface area contributed by atoms with Crippen LogP contribution in [0.15, 0.2) is 41.3 Å². The van der Waals surface area contributed by atoms with Gasteiger partial charge in [-0.2, -0.15) is 0 Å². The lowest BCUT2D eigenvalue weighted by Gasteiger charge is -2.19. The Morgan fingerprint density at radius 1 is 1.29 bits per heavy atom.